The molecular formula is C10H12ClNO4. The van der Waals surface area contributed by atoms with Crippen molar-refractivity contribution < 1.29 is 19.7 Å². The lowest BCUT2D eigenvalue weighted by molar-refractivity contribution is -0.138. The number of hydrogen-bond acceptors (Lipinski definition) is 4. The number of phenolic OH excluding ortho intramolecular Hbond substituents is 1. The summed E-state index contributed by atoms with van der Waals surface area (Å²) in [5, 5.41) is 18.7. The van der Waals surface area contributed by atoms with Crippen molar-refractivity contribution in [1.29, 1.82) is 0 Å². The summed E-state index contributed by atoms with van der Waals surface area (Å²) in [6, 6.07) is 1.96. The van der Waals surface area contributed by atoms with E-state index >= 15 is 0 Å². The number of ether oxygens (including phenoxy) is 1. The van der Waals surface area contributed by atoms with Crippen molar-refractivity contribution in [2.24, 2.45) is 5.73 Å². The van der Waals surface area contributed by atoms with Crippen LogP contribution in [0.2, 0.25) is 5.02 Å². The zero-order valence-electron chi connectivity index (χ0n) is 8.61. The lowest BCUT2D eigenvalue weighted by Crippen LogP contribution is -2.32. The maximum Gasteiger partial charge on any atom is 0.320 e. The summed E-state index contributed by atoms with van der Waals surface area (Å²) in [4.78, 5) is 10.6. The van der Waals surface area contributed by atoms with Crippen LogP contribution in [0.25, 0.3) is 0 Å². The van der Waals surface area contributed by atoms with Crippen molar-refractivity contribution in [1.82, 2.24) is 0 Å². The fourth-order valence-corrected chi connectivity index (χ4v) is 1.50. The van der Waals surface area contributed by atoms with Crippen LogP contribution < -0.4 is 10.5 Å². The van der Waals surface area contributed by atoms with Crippen LogP contribution in [-0.2, 0) is 11.2 Å². The fourth-order valence-electron chi connectivity index (χ4n) is 1.27. The number of methoxy groups -OCH3 is 1. The molecule has 0 radical (unpaired) electrons. The van der Waals surface area contributed by atoms with Gasteiger partial charge < -0.3 is 20.7 Å². The quantitative estimate of drug-likeness (QED) is 0.736. The van der Waals surface area contributed by atoms with E-state index in [2.05, 4.69) is 0 Å². The molecule has 1 aromatic carbocycles. The number of carboxylic acid groups (broad SMARTS) is 1. The molecule has 88 valence electrons. The van der Waals surface area contributed by atoms with Crippen LogP contribution in [0, 0.1) is 0 Å². The Morgan fingerprint density at radius 3 is 2.75 bits per heavy atom. The third-order valence-corrected chi connectivity index (χ3v) is 2.43. The molecule has 0 aliphatic heterocycles. The molecule has 0 heterocycles. The molecular weight excluding hydrogens is 234 g/mol. The Bertz CT molecular complexity index is 408. The van der Waals surface area contributed by atoms with E-state index in [0.717, 1.165) is 0 Å². The molecule has 0 bridgehead atoms. The zero-order chi connectivity index (χ0) is 12.3. The zero-order valence-corrected chi connectivity index (χ0v) is 9.36. The van der Waals surface area contributed by atoms with Gasteiger partial charge >= 0.3 is 5.97 Å². The molecule has 1 atom stereocenters. The molecule has 0 aliphatic rings. The Morgan fingerprint density at radius 1 is 1.62 bits per heavy atom. The second kappa shape index (κ2) is 5.05. The Kier molecular flexibility index (Phi) is 3.98. The Morgan fingerprint density at radius 2 is 2.25 bits per heavy atom. The van der Waals surface area contributed by atoms with Gasteiger partial charge in [-0.25, -0.2) is 0 Å². The van der Waals surface area contributed by atoms with Gasteiger partial charge in [0.2, 0.25) is 0 Å². The number of nitrogens with two attached hydrogens (primary N) is 1. The molecule has 5 nitrogen and oxygen atoms in total. The van der Waals surface area contributed by atoms with E-state index in [1.807, 2.05) is 0 Å². The number of hydrogen-bond donors (Lipinski definition) is 3. The van der Waals surface area contributed by atoms with E-state index in [1.54, 1.807) is 0 Å². The van der Waals surface area contributed by atoms with Crippen molar-refractivity contribution in [3.8, 4) is 11.5 Å². The molecule has 16 heavy (non-hydrogen) atoms. The highest BCUT2D eigenvalue weighted by molar-refractivity contribution is 6.32. The van der Waals surface area contributed by atoms with Gasteiger partial charge in [-0.1, -0.05) is 17.7 Å². The number of rotatable bonds is 4. The van der Waals surface area contributed by atoms with E-state index in [4.69, 9.17) is 27.2 Å². The summed E-state index contributed by atoms with van der Waals surface area (Å²) in [6.07, 6.45) is 0.00863. The van der Waals surface area contributed by atoms with Crippen molar-refractivity contribution >= 4 is 17.6 Å². The number of phenols is 1. The largest absolute Gasteiger partial charge is 0.504 e. The predicted molar refractivity (Wildman–Crippen MR) is 59.0 cm³/mol. The highest BCUT2D eigenvalue weighted by atomic mass is 35.5. The summed E-state index contributed by atoms with van der Waals surface area (Å²) in [6.45, 7) is 0. The number of halogens is 1. The Balaban J connectivity index is 3.02. The monoisotopic (exact) mass is 245 g/mol. The van der Waals surface area contributed by atoms with Gasteiger partial charge in [0.15, 0.2) is 11.5 Å². The number of benzene rings is 1. The molecule has 4 N–H and O–H groups in total. The van der Waals surface area contributed by atoms with Crippen molar-refractivity contribution in [3.05, 3.63) is 22.7 Å². The maximum absolute atomic E-state index is 10.6. The SMILES string of the molecule is COc1c(Cl)ccc(CC(N)C(=O)O)c1O. The first-order valence-corrected chi connectivity index (χ1v) is 4.88. The van der Waals surface area contributed by atoms with Gasteiger partial charge in [-0.15, -0.1) is 0 Å². The number of aliphatic carboxylic acids is 1. The van der Waals surface area contributed by atoms with Crippen LogP contribution in [0.5, 0.6) is 11.5 Å². The van der Waals surface area contributed by atoms with Gasteiger partial charge in [0.05, 0.1) is 12.1 Å². The van der Waals surface area contributed by atoms with Crippen LogP contribution >= 0.6 is 11.6 Å². The number of carbonyl (C=O) groups is 1. The van der Waals surface area contributed by atoms with Crippen LogP contribution in [0.15, 0.2) is 12.1 Å². The second-order valence-corrected chi connectivity index (χ2v) is 3.64. The van der Waals surface area contributed by atoms with E-state index in [0.29, 0.717) is 5.56 Å². The molecule has 1 aromatic rings. The summed E-state index contributed by atoms with van der Waals surface area (Å²) in [5.74, 6) is -1.18. The minimum Gasteiger partial charge on any atom is -0.504 e. The van der Waals surface area contributed by atoms with Crippen molar-refractivity contribution in [3.63, 3.8) is 0 Å². The minimum absolute atomic E-state index is 0.00863. The van der Waals surface area contributed by atoms with E-state index in [1.165, 1.54) is 19.2 Å². The fraction of sp³-hybridized carbons (Fsp3) is 0.300. The van der Waals surface area contributed by atoms with E-state index in [-0.39, 0.29) is 22.9 Å². The third-order valence-electron chi connectivity index (χ3n) is 2.13. The van der Waals surface area contributed by atoms with E-state index in [9.17, 15) is 9.90 Å². The first-order valence-electron chi connectivity index (χ1n) is 4.50. The van der Waals surface area contributed by atoms with Crippen molar-refractivity contribution in [2.75, 3.05) is 7.11 Å². The van der Waals surface area contributed by atoms with Gasteiger partial charge in [0, 0.05) is 6.42 Å². The summed E-state index contributed by atoms with van der Waals surface area (Å²) in [7, 11) is 1.36. The van der Waals surface area contributed by atoms with Gasteiger partial charge in [-0.3, -0.25) is 4.79 Å². The van der Waals surface area contributed by atoms with Crippen LogP contribution in [0.4, 0.5) is 0 Å². The smallest absolute Gasteiger partial charge is 0.320 e. The molecule has 0 fully saturated rings. The average Bonchev–Trinajstić information content (AvgIpc) is 2.22. The molecule has 1 rings (SSSR count). The standard InChI is InChI=1S/C10H12ClNO4/c1-16-9-6(11)3-2-5(8(9)13)4-7(12)10(14)15/h2-3,7,13H,4,12H2,1H3,(H,14,15). The molecule has 0 amide bonds. The summed E-state index contributed by atoms with van der Waals surface area (Å²) >= 11 is 5.77. The maximum atomic E-state index is 10.6. The van der Waals surface area contributed by atoms with Gasteiger partial charge in [-0.2, -0.15) is 0 Å². The van der Waals surface area contributed by atoms with Crippen LogP contribution in [-0.4, -0.2) is 29.3 Å². The average molecular weight is 246 g/mol. The Hall–Kier alpha value is -1.46. The van der Waals surface area contributed by atoms with Crippen LogP contribution in [0.1, 0.15) is 5.56 Å². The van der Waals surface area contributed by atoms with Crippen molar-refractivity contribution in [2.45, 2.75) is 12.5 Å². The minimum atomic E-state index is -1.13. The molecule has 0 saturated carbocycles. The van der Waals surface area contributed by atoms with Gasteiger partial charge in [0.1, 0.15) is 6.04 Å². The number of aromatic hydroxyl groups is 1. The van der Waals surface area contributed by atoms with Gasteiger partial charge in [0.25, 0.3) is 0 Å². The molecule has 1 unspecified atom stereocenters. The first-order chi connectivity index (χ1) is 7.47. The predicted octanol–water partition coefficient (Wildman–Crippen LogP) is 1.01. The molecule has 0 saturated heterocycles. The van der Waals surface area contributed by atoms with Gasteiger partial charge in [-0.05, 0) is 11.6 Å². The molecule has 6 heteroatoms. The number of carboxylic acids is 1. The normalized spacial score (nSPS) is 12.2. The topological polar surface area (TPSA) is 92.8 Å². The lowest BCUT2D eigenvalue weighted by Gasteiger charge is -2.12. The third kappa shape index (κ3) is 2.56. The molecule has 0 spiro atoms. The lowest BCUT2D eigenvalue weighted by atomic mass is 10.1. The highest BCUT2D eigenvalue weighted by Gasteiger charge is 2.18. The Labute approximate surface area is 97.4 Å². The highest BCUT2D eigenvalue weighted by Crippen LogP contribution is 2.37. The summed E-state index contributed by atoms with van der Waals surface area (Å²) in [5.41, 5.74) is 5.75. The van der Waals surface area contributed by atoms with Crippen LogP contribution in [0.3, 0.4) is 0 Å². The van der Waals surface area contributed by atoms with E-state index < -0.39 is 12.0 Å². The molecule has 0 aliphatic carbocycles. The first kappa shape index (κ1) is 12.6. The second-order valence-electron chi connectivity index (χ2n) is 3.24. The molecule has 0 aromatic heterocycles. The summed E-state index contributed by atoms with van der Waals surface area (Å²) < 4.78 is 4.89.